The summed E-state index contributed by atoms with van der Waals surface area (Å²) in [4.78, 5) is 17.0. The number of pyridine rings is 1. The van der Waals surface area contributed by atoms with Crippen molar-refractivity contribution in [3.05, 3.63) is 64.7 Å². The van der Waals surface area contributed by atoms with Gasteiger partial charge in [-0.15, -0.1) is 0 Å². The first-order valence-electron chi connectivity index (χ1n) is 8.07. The van der Waals surface area contributed by atoms with Crippen LogP contribution in [0.15, 0.2) is 53.4 Å². The van der Waals surface area contributed by atoms with E-state index in [0.29, 0.717) is 16.5 Å². The highest BCUT2D eigenvalue weighted by molar-refractivity contribution is 7.89. The summed E-state index contributed by atoms with van der Waals surface area (Å²) in [7, 11) is -0.936. The van der Waals surface area contributed by atoms with Crippen LogP contribution in [-0.4, -0.2) is 37.7 Å². The smallest absolute Gasteiger partial charge is 0.258 e. The topological polar surface area (TPSA) is 103 Å². The Kier molecular flexibility index (Phi) is 5.34. The van der Waals surface area contributed by atoms with Crippen molar-refractivity contribution >= 4 is 44.3 Å². The second-order valence-corrected chi connectivity index (χ2v) is 8.63. The molecule has 1 N–H and O–H groups in total. The molecule has 0 bridgehead atoms. The van der Waals surface area contributed by atoms with Crippen LogP contribution in [0.4, 0.5) is 5.82 Å². The third kappa shape index (κ3) is 3.68. The number of anilines is 1. The Morgan fingerprint density at radius 1 is 1.18 bits per heavy atom. The number of sulfonamides is 1. The van der Waals surface area contributed by atoms with E-state index < -0.39 is 15.9 Å². The number of nitrogens with zero attached hydrogens (tertiary/aromatic N) is 3. The molecule has 0 unspecified atom stereocenters. The van der Waals surface area contributed by atoms with Gasteiger partial charge in [0.25, 0.3) is 5.91 Å². The van der Waals surface area contributed by atoms with E-state index in [2.05, 4.69) is 16.4 Å². The molecule has 0 spiro atoms. The molecule has 1 heterocycles. The standard InChI is InChI=1S/C19H15ClN4O3S/c1-24(2)28(26,27)13-7-8-16(20)15(10-13)19(25)23-18-9-12(11-21)14-5-3-4-6-17(14)22-18/h3-10H,1-2H3,(H,22,23,25). The second-order valence-electron chi connectivity index (χ2n) is 6.07. The fraction of sp³-hybridized carbons (Fsp3) is 0.105. The number of amides is 1. The van der Waals surface area contributed by atoms with E-state index >= 15 is 0 Å². The van der Waals surface area contributed by atoms with Crippen molar-refractivity contribution in [2.45, 2.75) is 4.90 Å². The van der Waals surface area contributed by atoms with Gasteiger partial charge in [0.15, 0.2) is 0 Å². The van der Waals surface area contributed by atoms with Crippen LogP contribution < -0.4 is 5.32 Å². The molecule has 1 aromatic heterocycles. The Balaban J connectivity index is 2.00. The van der Waals surface area contributed by atoms with Gasteiger partial charge in [-0.05, 0) is 30.3 Å². The number of hydrogen-bond donors (Lipinski definition) is 1. The van der Waals surface area contributed by atoms with Crippen LogP contribution in [-0.2, 0) is 10.0 Å². The summed E-state index contributed by atoms with van der Waals surface area (Å²) in [6.45, 7) is 0. The maximum atomic E-state index is 12.7. The van der Waals surface area contributed by atoms with Gasteiger partial charge in [0.05, 0.1) is 32.6 Å². The van der Waals surface area contributed by atoms with Gasteiger partial charge < -0.3 is 5.32 Å². The van der Waals surface area contributed by atoms with Crippen molar-refractivity contribution in [3.8, 4) is 6.07 Å². The summed E-state index contributed by atoms with van der Waals surface area (Å²) < 4.78 is 25.7. The molecule has 7 nitrogen and oxygen atoms in total. The van der Waals surface area contributed by atoms with Gasteiger partial charge in [-0.25, -0.2) is 17.7 Å². The summed E-state index contributed by atoms with van der Waals surface area (Å²) in [5, 5.41) is 12.7. The zero-order valence-electron chi connectivity index (χ0n) is 15.0. The molecule has 9 heteroatoms. The molecule has 28 heavy (non-hydrogen) atoms. The van der Waals surface area contributed by atoms with Gasteiger partial charge >= 0.3 is 0 Å². The van der Waals surface area contributed by atoms with Gasteiger partial charge in [-0.3, -0.25) is 4.79 Å². The molecule has 2 aromatic carbocycles. The lowest BCUT2D eigenvalue weighted by Gasteiger charge is -2.13. The van der Waals surface area contributed by atoms with Crippen LogP contribution in [0.25, 0.3) is 10.9 Å². The summed E-state index contributed by atoms with van der Waals surface area (Å²) in [6, 6.07) is 14.5. The maximum Gasteiger partial charge on any atom is 0.258 e. The zero-order chi connectivity index (χ0) is 20.5. The third-order valence-corrected chi connectivity index (χ3v) is 6.18. The number of nitriles is 1. The van der Waals surface area contributed by atoms with E-state index in [4.69, 9.17) is 11.6 Å². The highest BCUT2D eigenvalue weighted by atomic mass is 35.5. The van der Waals surface area contributed by atoms with E-state index in [1.807, 2.05) is 0 Å². The fourth-order valence-corrected chi connectivity index (χ4v) is 3.70. The molecule has 0 atom stereocenters. The molecule has 0 saturated heterocycles. The summed E-state index contributed by atoms with van der Waals surface area (Å²) in [6.07, 6.45) is 0. The molecule has 0 saturated carbocycles. The van der Waals surface area contributed by atoms with E-state index in [-0.39, 0.29) is 21.3 Å². The van der Waals surface area contributed by atoms with E-state index in [1.165, 1.54) is 38.4 Å². The molecule has 3 aromatic rings. The lowest BCUT2D eigenvalue weighted by molar-refractivity contribution is 0.102. The van der Waals surface area contributed by atoms with Crippen LogP contribution >= 0.6 is 11.6 Å². The minimum absolute atomic E-state index is 0.0157. The molecule has 0 fully saturated rings. The van der Waals surface area contributed by atoms with Crippen molar-refractivity contribution in [2.75, 3.05) is 19.4 Å². The van der Waals surface area contributed by atoms with Crippen LogP contribution in [0, 0.1) is 11.3 Å². The number of halogens is 1. The SMILES string of the molecule is CN(C)S(=O)(=O)c1ccc(Cl)c(C(=O)Nc2cc(C#N)c3ccccc3n2)c1. The molecular formula is C19H15ClN4O3S. The summed E-state index contributed by atoms with van der Waals surface area (Å²) in [5.74, 6) is -0.468. The van der Waals surface area contributed by atoms with Gasteiger partial charge in [-0.2, -0.15) is 5.26 Å². The molecule has 1 amide bonds. The highest BCUT2D eigenvalue weighted by Gasteiger charge is 2.21. The largest absolute Gasteiger partial charge is 0.306 e. The van der Waals surface area contributed by atoms with E-state index in [9.17, 15) is 18.5 Å². The Morgan fingerprint density at radius 2 is 1.89 bits per heavy atom. The number of para-hydroxylation sites is 1. The Morgan fingerprint density at radius 3 is 2.57 bits per heavy atom. The van der Waals surface area contributed by atoms with E-state index in [1.54, 1.807) is 24.3 Å². The quantitative estimate of drug-likeness (QED) is 0.705. The predicted octanol–water partition coefficient (Wildman–Crippen LogP) is 3.26. The monoisotopic (exact) mass is 414 g/mol. The Hall–Kier alpha value is -2.99. The number of rotatable bonds is 4. The third-order valence-electron chi connectivity index (χ3n) is 4.04. The van der Waals surface area contributed by atoms with Crippen molar-refractivity contribution in [1.29, 1.82) is 5.26 Å². The fourth-order valence-electron chi connectivity index (χ4n) is 2.57. The van der Waals surface area contributed by atoms with E-state index in [0.717, 1.165) is 4.31 Å². The number of fused-ring (bicyclic) bond motifs is 1. The van der Waals surface area contributed by atoms with Crippen molar-refractivity contribution in [2.24, 2.45) is 0 Å². The number of aromatic nitrogens is 1. The molecular weight excluding hydrogens is 400 g/mol. The van der Waals surface area contributed by atoms with Crippen LogP contribution in [0.5, 0.6) is 0 Å². The minimum atomic E-state index is -3.73. The summed E-state index contributed by atoms with van der Waals surface area (Å²) >= 11 is 6.10. The lowest BCUT2D eigenvalue weighted by atomic mass is 10.1. The first-order valence-corrected chi connectivity index (χ1v) is 9.89. The second kappa shape index (κ2) is 7.56. The molecule has 142 valence electrons. The van der Waals surface area contributed by atoms with Crippen LogP contribution in [0.3, 0.4) is 0 Å². The molecule has 0 aliphatic rings. The van der Waals surface area contributed by atoms with Gasteiger partial charge in [0.2, 0.25) is 10.0 Å². The maximum absolute atomic E-state index is 12.7. The molecule has 0 radical (unpaired) electrons. The van der Waals surface area contributed by atoms with Crippen molar-refractivity contribution < 1.29 is 13.2 Å². The Labute approximate surface area is 167 Å². The number of carbonyl (C=O) groups excluding carboxylic acids is 1. The number of hydrogen-bond acceptors (Lipinski definition) is 5. The Bertz CT molecular complexity index is 1230. The van der Waals surface area contributed by atoms with Crippen LogP contribution in [0.2, 0.25) is 5.02 Å². The molecule has 3 rings (SSSR count). The molecule has 0 aliphatic carbocycles. The highest BCUT2D eigenvalue weighted by Crippen LogP contribution is 2.24. The normalized spacial score (nSPS) is 11.4. The average molecular weight is 415 g/mol. The molecule has 0 aliphatic heterocycles. The first kappa shape index (κ1) is 19.8. The lowest BCUT2D eigenvalue weighted by Crippen LogP contribution is -2.23. The number of nitrogens with one attached hydrogen (secondary N) is 1. The zero-order valence-corrected chi connectivity index (χ0v) is 16.5. The van der Waals surface area contributed by atoms with Crippen LogP contribution in [0.1, 0.15) is 15.9 Å². The predicted molar refractivity (Wildman–Crippen MR) is 107 cm³/mol. The van der Waals surface area contributed by atoms with Crippen molar-refractivity contribution in [3.63, 3.8) is 0 Å². The number of carbonyl (C=O) groups is 1. The first-order chi connectivity index (χ1) is 13.2. The van der Waals surface area contributed by atoms with Crippen molar-refractivity contribution in [1.82, 2.24) is 9.29 Å². The van der Waals surface area contributed by atoms with Gasteiger partial charge in [0.1, 0.15) is 5.82 Å². The van der Waals surface area contributed by atoms with Gasteiger partial charge in [0, 0.05) is 19.5 Å². The minimum Gasteiger partial charge on any atom is -0.306 e. The average Bonchev–Trinajstić information content (AvgIpc) is 2.67. The summed E-state index contributed by atoms with van der Waals surface area (Å²) in [5.41, 5.74) is 0.890. The number of benzene rings is 2. The van der Waals surface area contributed by atoms with Gasteiger partial charge in [-0.1, -0.05) is 29.8 Å².